The molecule has 1 aromatic carbocycles. The first kappa shape index (κ1) is 18.1. The van der Waals surface area contributed by atoms with Crippen LogP contribution < -0.4 is 24.4 Å². The van der Waals surface area contributed by atoms with E-state index in [9.17, 15) is 0 Å². The Morgan fingerprint density at radius 2 is 1.81 bits per heavy atom. The van der Waals surface area contributed by atoms with E-state index in [0.29, 0.717) is 29.2 Å². The number of nitrogens with zero attached hydrogens (tertiary/aromatic N) is 3. The second-order valence-electron chi connectivity index (χ2n) is 6.32. The van der Waals surface area contributed by atoms with E-state index in [1.807, 2.05) is 18.2 Å². The number of rotatable bonds is 6. The summed E-state index contributed by atoms with van der Waals surface area (Å²) in [5, 5.41) is 3.23. The third kappa shape index (κ3) is 3.76. The Bertz CT molecular complexity index is 728. The van der Waals surface area contributed by atoms with Crippen molar-refractivity contribution in [3.05, 3.63) is 24.4 Å². The number of hydrogen-bond donors (Lipinski definition) is 1. The maximum atomic E-state index is 5.40. The molecule has 0 amide bonds. The van der Waals surface area contributed by atoms with E-state index in [4.69, 9.17) is 14.2 Å². The summed E-state index contributed by atoms with van der Waals surface area (Å²) in [6, 6.07) is 6.12. The van der Waals surface area contributed by atoms with Crippen molar-refractivity contribution < 1.29 is 14.2 Å². The minimum atomic E-state index is 0.493. The molecule has 7 heteroatoms. The Morgan fingerprint density at radius 1 is 1.08 bits per heavy atom. The van der Waals surface area contributed by atoms with Gasteiger partial charge >= 0.3 is 0 Å². The van der Waals surface area contributed by atoms with Gasteiger partial charge in [-0.2, -0.15) is 4.98 Å². The molecule has 0 radical (unpaired) electrons. The lowest BCUT2D eigenvalue weighted by Gasteiger charge is -2.34. The van der Waals surface area contributed by atoms with Crippen molar-refractivity contribution in [2.24, 2.45) is 0 Å². The lowest BCUT2D eigenvalue weighted by molar-refractivity contribution is 0.324. The van der Waals surface area contributed by atoms with Gasteiger partial charge in [-0.25, -0.2) is 4.98 Å². The zero-order chi connectivity index (χ0) is 18.5. The number of methoxy groups -OCH3 is 3. The zero-order valence-electron chi connectivity index (χ0n) is 15.8. The van der Waals surface area contributed by atoms with Crippen LogP contribution in [0.1, 0.15) is 26.2 Å². The number of hydrogen-bond acceptors (Lipinski definition) is 7. The van der Waals surface area contributed by atoms with Gasteiger partial charge in [0.2, 0.25) is 11.7 Å². The Morgan fingerprint density at radius 3 is 2.42 bits per heavy atom. The molecule has 1 unspecified atom stereocenters. The Labute approximate surface area is 154 Å². The Balaban J connectivity index is 1.86. The van der Waals surface area contributed by atoms with Crippen LogP contribution in [-0.2, 0) is 0 Å². The normalized spacial score (nSPS) is 16.9. The molecule has 0 bridgehead atoms. The van der Waals surface area contributed by atoms with Gasteiger partial charge in [0.15, 0.2) is 11.5 Å². The summed E-state index contributed by atoms with van der Waals surface area (Å²) in [5.74, 6) is 3.19. The molecule has 1 saturated heterocycles. The minimum absolute atomic E-state index is 0.493. The first-order valence-corrected chi connectivity index (χ1v) is 8.83. The third-order valence-electron chi connectivity index (χ3n) is 4.66. The summed E-state index contributed by atoms with van der Waals surface area (Å²) in [4.78, 5) is 11.4. The van der Waals surface area contributed by atoms with Gasteiger partial charge in [-0.1, -0.05) is 0 Å². The van der Waals surface area contributed by atoms with Crippen molar-refractivity contribution in [2.75, 3.05) is 38.1 Å². The van der Waals surface area contributed by atoms with Gasteiger partial charge < -0.3 is 24.4 Å². The second kappa shape index (κ2) is 8.12. The molecule has 26 heavy (non-hydrogen) atoms. The number of aromatic nitrogens is 2. The van der Waals surface area contributed by atoms with Gasteiger partial charge in [-0.15, -0.1) is 0 Å². The number of nitrogens with one attached hydrogen (secondary N) is 1. The average molecular weight is 358 g/mol. The molecule has 0 saturated carbocycles. The van der Waals surface area contributed by atoms with E-state index in [1.54, 1.807) is 27.5 Å². The van der Waals surface area contributed by atoms with Gasteiger partial charge in [-0.3, -0.25) is 0 Å². The van der Waals surface area contributed by atoms with Crippen LogP contribution >= 0.6 is 0 Å². The van der Waals surface area contributed by atoms with Gasteiger partial charge in [0.05, 0.1) is 21.3 Å². The molecular formula is C19H26N4O3. The van der Waals surface area contributed by atoms with Crippen LogP contribution in [0.4, 0.5) is 17.5 Å². The van der Waals surface area contributed by atoms with E-state index in [-0.39, 0.29) is 0 Å². The fourth-order valence-corrected chi connectivity index (χ4v) is 3.29. The van der Waals surface area contributed by atoms with E-state index in [1.165, 1.54) is 19.3 Å². The van der Waals surface area contributed by atoms with Crippen molar-refractivity contribution in [1.29, 1.82) is 0 Å². The molecule has 1 atom stereocenters. The minimum Gasteiger partial charge on any atom is -0.493 e. The van der Waals surface area contributed by atoms with Gasteiger partial charge in [0, 0.05) is 36.6 Å². The molecule has 1 aliphatic heterocycles. The van der Waals surface area contributed by atoms with Crippen LogP contribution in [0, 0.1) is 0 Å². The summed E-state index contributed by atoms with van der Waals surface area (Å²) in [7, 11) is 4.77. The predicted octanol–water partition coefficient (Wildman–Crippen LogP) is 3.62. The van der Waals surface area contributed by atoms with Crippen molar-refractivity contribution in [2.45, 2.75) is 32.2 Å². The van der Waals surface area contributed by atoms with E-state index >= 15 is 0 Å². The highest BCUT2D eigenvalue weighted by Gasteiger charge is 2.20. The zero-order valence-corrected chi connectivity index (χ0v) is 15.8. The van der Waals surface area contributed by atoms with Crippen LogP contribution in [0.3, 0.4) is 0 Å². The standard InChI is InChI=1S/C19H26N4O3/c1-13-7-5-6-10-23(13)17-8-9-20-19(22-17)21-14-11-15(24-2)18(26-4)16(12-14)25-3/h8-9,11-13H,5-7,10H2,1-4H3,(H,20,21,22). The molecule has 7 nitrogen and oxygen atoms in total. The summed E-state index contributed by atoms with van der Waals surface area (Å²) in [5.41, 5.74) is 0.767. The quantitative estimate of drug-likeness (QED) is 0.845. The third-order valence-corrected chi connectivity index (χ3v) is 4.66. The monoisotopic (exact) mass is 358 g/mol. The molecule has 0 aliphatic carbocycles. The highest BCUT2D eigenvalue weighted by atomic mass is 16.5. The van der Waals surface area contributed by atoms with Gasteiger partial charge in [0.25, 0.3) is 0 Å². The van der Waals surface area contributed by atoms with Crippen molar-refractivity contribution in [3.63, 3.8) is 0 Å². The van der Waals surface area contributed by atoms with Crippen LogP contribution in [0.5, 0.6) is 17.2 Å². The smallest absolute Gasteiger partial charge is 0.229 e. The van der Waals surface area contributed by atoms with Crippen molar-refractivity contribution in [3.8, 4) is 17.2 Å². The molecule has 1 N–H and O–H groups in total. The average Bonchev–Trinajstić information content (AvgIpc) is 2.67. The van der Waals surface area contributed by atoms with E-state index < -0.39 is 0 Å². The van der Waals surface area contributed by atoms with Gasteiger partial charge in [0.1, 0.15) is 5.82 Å². The molecule has 1 aliphatic rings. The first-order chi connectivity index (χ1) is 12.7. The maximum Gasteiger partial charge on any atom is 0.229 e. The topological polar surface area (TPSA) is 68.7 Å². The molecule has 3 rings (SSSR count). The molecule has 0 spiro atoms. The molecular weight excluding hydrogens is 332 g/mol. The predicted molar refractivity (Wildman–Crippen MR) is 102 cm³/mol. The summed E-state index contributed by atoms with van der Waals surface area (Å²) < 4.78 is 16.2. The largest absolute Gasteiger partial charge is 0.493 e. The number of anilines is 3. The van der Waals surface area contributed by atoms with Crippen LogP contribution in [0.2, 0.25) is 0 Å². The summed E-state index contributed by atoms with van der Waals surface area (Å²) in [6.07, 6.45) is 5.45. The molecule has 140 valence electrons. The molecule has 1 fully saturated rings. The fourth-order valence-electron chi connectivity index (χ4n) is 3.29. The maximum absolute atomic E-state index is 5.40. The van der Waals surface area contributed by atoms with E-state index in [2.05, 4.69) is 27.1 Å². The second-order valence-corrected chi connectivity index (χ2v) is 6.32. The first-order valence-electron chi connectivity index (χ1n) is 8.83. The Kier molecular flexibility index (Phi) is 5.65. The fraction of sp³-hybridized carbons (Fsp3) is 0.474. The van der Waals surface area contributed by atoms with Crippen molar-refractivity contribution >= 4 is 17.5 Å². The molecule has 2 aromatic rings. The van der Waals surface area contributed by atoms with Crippen LogP contribution in [0.15, 0.2) is 24.4 Å². The van der Waals surface area contributed by atoms with Crippen LogP contribution in [0.25, 0.3) is 0 Å². The van der Waals surface area contributed by atoms with Gasteiger partial charge in [-0.05, 0) is 32.3 Å². The molecule has 1 aromatic heterocycles. The van der Waals surface area contributed by atoms with Crippen LogP contribution in [-0.4, -0.2) is 43.9 Å². The lowest BCUT2D eigenvalue weighted by atomic mass is 10.0. The highest BCUT2D eigenvalue weighted by Crippen LogP contribution is 2.40. The number of ether oxygens (including phenoxy) is 3. The van der Waals surface area contributed by atoms with E-state index in [0.717, 1.165) is 18.1 Å². The summed E-state index contributed by atoms with van der Waals surface area (Å²) >= 11 is 0. The molecule has 2 heterocycles. The highest BCUT2D eigenvalue weighted by molar-refractivity contribution is 5.66. The SMILES string of the molecule is COc1cc(Nc2nccc(N3CCCCC3C)n2)cc(OC)c1OC. The number of benzene rings is 1. The lowest BCUT2D eigenvalue weighted by Crippen LogP contribution is -2.38. The summed E-state index contributed by atoms with van der Waals surface area (Å²) in [6.45, 7) is 3.27. The van der Waals surface area contributed by atoms with Crippen molar-refractivity contribution in [1.82, 2.24) is 9.97 Å². The number of piperidine rings is 1. The Hall–Kier alpha value is -2.70.